The highest BCUT2D eigenvalue weighted by Crippen LogP contribution is 2.36. The van der Waals surface area contributed by atoms with E-state index < -0.39 is 6.09 Å². The van der Waals surface area contributed by atoms with Crippen molar-refractivity contribution in [3.05, 3.63) is 58.9 Å². The van der Waals surface area contributed by atoms with Crippen molar-refractivity contribution in [3.63, 3.8) is 0 Å². The number of hydrogen-bond acceptors (Lipinski definition) is 7. The smallest absolute Gasteiger partial charge is 0.407 e. The van der Waals surface area contributed by atoms with Crippen LogP contribution < -0.4 is 15.0 Å². The summed E-state index contributed by atoms with van der Waals surface area (Å²) >= 11 is 0. The fourth-order valence-electron chi connectivity index (χ4n) is 6.95. The van der Waals surface area contributed by atoms with Crippen LogP contribution in [-0.4, -0.2) is 83.4 Å². The lowest BCUT2D eigenvalue weighted by Crippen LogP contribution is -2.49. The summed E-state index contributed by atoms with van der Waals surface area (Å²) < 4.78 is 6.31. The lowest BCUT2D eigenvalue weighted by Gasteiger charge is -2.37. The second kappa shape index (κ2) is 10.5. The van der Waals surface area contributed by atoms with E-state index in [1.54, 1.807) is 0 Å². The van der Waals surface area contributed by atoms with Crippen molar-refractivity contribution in [2.45, 2.75) is 52.2 Å². The average Bonchev–Trinajstić information content (AvgIpc) is 3.21. The molecule has 2 atom stereocenters. The normalized spacial score (nSPS) is 22.9. The van der Waals surface area contributed by atoms with E-state index in [-0.39, 0.29) is 11.5 Å². The molecule has 9 nitrogen and oxygen atoms in total. The number of likely N-dealkylation sites (tertiary alicyclic amines) is 1. The second-order valence-electron chi connectivity index (χ2n) is 12.4. The molecule has 0 spiro atoms. The van der Waals surface area contributed by atoms with Crippen LogP contribution in [0.5, 0.6) is 6.01 Å². The van der Waals surface area contributed by atoms with Crippen molar-refractivity contribution in [1.29, 1.82) is 0 Å². The number of aryl methyl sites for hydroxylation is 1. The number of nitrogens with zero attached hydrogens (tertiary/aromatic N) is 5. The number of piperazine rings is 1. The van der Waals surface area contributed by atoms with E-state index in [2.05, 4.69) is 79.3 Å². The Kier molecular flexibility index (Phi) is 7.04. The summed E-state index contributed by atoms with van der Waals surface area (Å²) in [6.07, 6.45) is 0.880. The standard InChI is InChI=1S/C31H40N6O3/c1-20-7-5-8-21-9-6-10-25(27(20)21)36-13-11-23-24(17-36)33-29(40-18-22-15-31(2,3)19-35(22)4)34-28(23)26-16-32-12-14-37(26)30(38)39/h5-10,22,26,32H,11-19H2,1-4H3,(H,38,39)/t22-,26?/m0/s1. The first-order chi connectivity index (χ1) is 19.2. The first kappa shape index (κ1) is 26.8. The Labute approximate surface area is 236 Å². The number of aromatic nitrogens is 2. The van der Waals surface area contributed by atoms with Gasteiger partial charge in [-0.15, -0.1) is 0 Å². The number of nitrogens with one attached hydrogen (secondary N) is 1. The predicted octanol–water partition coefficient (Wildman–Crippen LogP) is 4.23. The van der Waals surface area contributed by atoms with Gasteiger partial charge in [0.1, 0.15) is 6.61 Å². The van der Waals surface area contributed by atoms with E-state index in [0.717, 1.165) is 42.9 Å². The molecule has 0 radical (unpaired) electrons. The summed E-state index contributed by atoms with van der Waals surface area (Å²) in [5, 5.41) is 15.9. The number of fused-ring (bicyclic) bond motifs is 2. The van der Waals surface area contributed by atoms with Crippen molar-refractivity contribution in [3.8, 4) is 6.01 Å². The van der Waals surface area contributed by atoms with E-state index in [9.17, 15) is 9.90 Å². The molecule has 4 heterocycles. The molecule has 0 aliphatic carbocycles. The van der Waals surface area contributed by atoms with Gasteiger partial charge >= 0.3 is 12.1 Å². The molecule has 9 heteroatoms. The number of carbonyl (C=O) groups is 1. The number of rotatable bonds is 5. The molecule has 0 bridgehead atoms. The van der Waals surface area contributed by atoms with Crippen LogP contribution in [0.2, 0.25) is 0 Å². The summed E-state index contributed by atoms with van der Waals surface area (Å²) in [4.78, 5) is 28.3. The molecule has 0 saturated carbocycles. The van der Waals surface area contributed by atoms with E-state index >= 15 is 0 Å². The van der Waals surface area contributed by atoms with Crippen molar-refractivity contribution in [1.82, 2.24) is 25.1 Å². The Bertz CT molecular complexity index is 1420. The number of carboxylic acid groups (broad SMARTS) is 1. The van der Waals surface area contributed by atoms with Gasteiger partial charge in [-0.05, 0) is 49.2 Å². The molecular formula is C31H40N6O3. The minimum absolute atomic E-state index is 0.248. The molecule has 2 aromatic carbocycles. The molecule has 212 valence electrons. The molecule has 2 saturated heterocycles. The van der Waals surface area contributed by atoms with Gasteiger partial charge in [-0.2, -0.15) is 9.97 Å². The molecule has 1 unspecified atom stereocenters. The Morgan fingerprint density at radius 1 is 1.18 bits per heavy atom. The lowest BCUT2D eigenvalue weighted by molar-refractivity contribution is 0.110. The maximum Gasteiger partial charge on any atom is 0.407 e. The molecule has 3 aliphatic rings. The number of hydrogen-bond donors (Lipinski definition) is 2. The van der Waals surface area contributed by atoms with Gasteiger partial charge in [-0.25, -0.2) is 4.79 Å². The summed E-state index contributed by atoms with van der Waals surface area (Å²) in [5.41, 5.74) is 5.46. The average molecular weight is 545 g/mol. The summed E-state index contributed by atoms with van der Waals surface area (Å²) in [5.74, 6) is 0. The van der Waals surface area contributed by atoms with Crippen molar-refractivity contribution in [2.24, 2.45) is 5.41 Å². The van der Waals surface area contributed by atoms with Gasteiger partial charge in [0.15, 0.2) is 0 Å². The fraction of sp³-hybridized carbons (Fsp3) is 0.516. The van der Waals surface area contributed by atoms with Crippen LogP contribution in [0.3, 0.4) is 0 Å². The van der Waals surface area contributed by atoms with Crippen LogP contribution >= 0.6 is 0 Å². The van der Waals surface area contributed by atoms with E-state index in [1.165, 1.54) is 26.9 Å². The number of ether oxygens (including phenoxy) is 1. The Hall–Kier alpha value is -3.43. The van der Waals surface area contributed by atoms with Crippen molar-refractivity contribution < 1.29 is 14.6 Å². The van der Waals surface area contributed by atoms with Gasteiger partial charge in [0.25, 0.3) is 0 Å². The van der Waals surface area contributed by atoms with Crippen LogP contribution in [0.4, 0.5) is 10.5 Å². The Balaban J connectivity index is 1.36. The largest absolute Gasteiger partial charge is 0.465 e. The molecule has 2 fully saturated rings. The van der Waals surface area contributed by atoms with Gasteiger partial charge in [0.2, 0.25) is 0 Å². The fourth-order valence-corrected chi connectivity index (χ4v) is 6.95. The maximum absolute atomic E-state index is 12.2. The van der Waals surface area contributed by atoms with E-state index in [1.807, 2.05) is 0 Å². The zero-order valence-corrected chi connectivity index (χ0v) is 24.0. The number of benzene rings is 2. The first-order valence-electron chi connectivity index (χ1n) is 14.4. The monoisotopic (exact) mass is 544 g/mol. The van der Waals surface area contributed by atoms with Gasteiger partial charge in [0.05, 0.1) is 24.0 Å². The predicted molar refractivity (Wildman–Crippen MR) is 156 cm³/mol. The third-order valence-corrected chi connectivity index (χ3v) is 8.81. The van der Waals surface area contributed by atoms with Crippen molar-refractivity contribution >= 4 is 22.6 Å². The molecule has 1 aromatic heterocycles. The maximum atomic E-state index is 12.2. The minimum Gasteiger partial charge on any atom is -0.465 e. The molecule has 40 heavy (non-hydrogen) atoms. The van der Waals surface area contributed by atoms with Gasteiger partial charge in [0, 0.05) is 55.4 Å². The third-order valence-electron chi connectivity index (χ3n) is 8.81. The molecule has 2 N–H and O–H groups in total. The first-order valence-corrected chi connectivity index (χ1v) is 14.4. The Morgan fingerprint density at radius 3 is 2.73 bits per heavy atom. The van der Waals surface area contributed by atoms with Crippen molar-refractivity contribution in [2.75, 3.05) is 51.3 Å². The molecule has 3 aliphatic heterocycles. The zero-order chi connectivity index (χ0) is 28.0. The number of amides is 1. The molecule has 6 rings (SSSR count). The third kappa shape index (κ3) is 5.08. The van der Waals surface area contributed by atoms with E-state index in [0.29, 0.717) is 44.8 Å². The van der Waals surface area contributed by atoms with Crippen LogP contribution in [0, 0.1) is 12.3 Å². The van der Waals surface area contributed by atoms with Gasteiger partial charge in [-0.3, -0.25) is 9.80 Å². The van der Waals surface area contributed by atoms with Crippen LogP contribution in [0.15, 0.2) is 36.4 Å². The topological polar surface area (TPSA) is 94.1 Å². The molecule has 3 aromatic rings. The Morgan fingerprint density at radius 2 is 1.98 bits per heavy atom. The minimum atomic E-state index is -0.917. The highest BCUT2D eigenvalue weighted by molar-refractivity contribution is 5.97. The summed E-state index contributed by atoms with van der Waals surface area (Å²) in [6, 6.07) is 13.2. The molecular weight excluding hydrogens is 504 g/mol. The number of likely N-dealkylation sites (N-methyl/N-ethyl adjacent to an activating group) is 1. The SMILES string of the molecule is Cc1cccc2cccc(N3CCc4c(nc(OC[C@@H]5CC(C)(C)CN5C)nc4C4CNCCN4C(=O)O)C3)c12. The highest BCUT2D eigenvalue weighted by atomic mass is 16.5. The zero-order valence-electron chi connectivity index (χ0n) is 24.0. The quantitative estimate of drug-likeness (QED) is 0.493. The van der Waals surface area contributed by atoms with E-state index in [4.69, 9.17) is 14.7 Å². The van der Waals surface area contributed by atoms with Crippen LogP contribution in [-0.2, 0) is 13.0 Å². The lowest BCUT2D eigenvalue weighted by atomic mass is 9.91. The van der Waals surface area contributed by atoms with Crippen LogP contribution in [0.25, 0.3) is 10.8 Å². The molecule has 1 amide bonds. The highest BCUT2D eigenvalue weighted by Gasteiger charge is 2.37. The second-order valence-corrected chi connectivity index (χ2v) is 12.4. The van der Waals surface area contributed by atoms with Gasteiger partial charge < -0.3 is 20.1 Å². The van der Waals surface area contributed by atoms with Crippen LogP contribution in [0.1, 0.15) is 48.8 Å². The summed E-state index contributed by atoms with van der Waals surface area (Å²) in [7, 11) is 2.14. The summed E-state index contributed by atoms with van der Waals surface area (Å²) in [6.45, 7) is 11.3. The number of anilines is 1. The van der Waals surface area contributed by atoms with Gasteiger partial charge in [-0.1, -0.05) is 44.2 Å².